The molecule has 28 heavy (non-hydrogen) atoms. The van der Waals surface area contributed by atoms with Crippen LogP contribution in [0, 0.1) is 16.0 Å². The van der Waals surface area contributed by atoms with Gasteiger partial charge in [0, 0.05) is 36.8 Å². The molecule has 0 radical (unpaired) electrons. The van der Waals surface area contributed by atoms with Crippen LogP contribution in [-0.2, 0) is 6.54 Å². The van der Waals surface area contributed by atoms with Gasteiger partial charge in [-0.1, -0.05) is 25.1 Å². The third-order valence-corrected chi connectivity index (χ3v) is 5.06. The van der Waals surface area contributed by atoms with Crippen molar-refractivity contribution in [3.8, 4) is 5.75 Å². The summed E-state index contributed by atoms with van der Waals surface area (Å²) in [7, 11) is 1.57. The van der Waals surface area contributed by atoms with E-state index in [1.807, 2.05) is 29.2 Å². The van der Waals surface area contributed by atoms with E-state index in [4.69, 9.17) is 4.74 Å². The van der Waals surface area contributed by atoms with Gasteiger partial charge >= 0.3 is 0 Å². The van der Waals surface area contributed by atoms with Crippen LogP contribution in [0.4, 0.5) is 11.4 Å². The van der Waals surface area contributed by atoms with Gasteiger partial charge in [-0.3, -0.25) is 14.9 Å². The van der Waals surface area contributed by atoms with Crippen LogP contribution in [0.2, 0.25) is 0 Å². The van der Waals surface area contributed by atoms with E-state index < -0.39 is 4.92 Å². The standard InChI is InChI=1S/C21H25N3O4/c1-15-6-5-11-23(14-15)18-10-9-16(12-19(18)24(26)27)21(25)22-13-17-7-3-4-8-20(17)28-2/h3-4,7-10,12,15H,5-6,11,13-14H2,1-2H3,(H,22,25)/t15-/m0/s1. The smallest absolute Gasteiger partial charge is 0.293 e. The summed E-state index contributed by atoms with van der Waals surface area (Å²) in [6, 6.07) is 12.1. The van der Waals surface area contributed by atoms with Crippen LogP contribution in [0.15, 0.2) is 42.5 Å². The van der Waals surface area contributed by atoms with Gasteiger partial charge in [0.05, 0.1) is 12.0 Å². The first-order valence-corrected chi connectivity index (χ1v) is 9.43. The van der Waals surface area contributed by atoms with Gasteiger partial charge in [0.1, 0.15) is 11.4 Å². The summed E-state index contributed by atoms with van der Waals surface area (Å²) >= 11 is 0. The summed E-state index contributed by atoms with van der Waals surface area (Å²) in [4.78, 5) is 25.8. The molecule has 1 amide bonds. The molecule has 1 N–H and O–H groups in total. The number of rotatable bonds is 6. The SMILES string of the molecule is COc1ccccc1CNC(=O)c1ccc(N2CCC[C@H](C)C2)c([N+](=O)[O-])c1. The summed E-state index contributed by atoms with van der Waals surface area (Å²) in [5, 5.41) is 14.4. The average Bonchev–Trinajstić information content (AvgIpc) is 2.71. The number of benzene rings is 2. The number of para-hydroxylation sites is 1. The Morgan fingerprint density at radius 2 is 2.11 bits per heavy atom. The van der Waals surface area contributed by atoms with Crippen LogP contribution < -0.4 is 15.0 Å². The Hall–Kier alpha value is -3.09. The molecule has 0 saturated carbocycles. The van der Waals surface area contributed by atoms with E-state index in [-0.39, 0.29) is 23.7 Å². The second kappa shape index (κ2) is 8.73. The van der Waals surface area contributed by atoms with E-state index in [0.29, 0.717) is 17.4 Å². The second-order valence-corrected chi connectivity index (χ2v) is 7.15. The number of carbonyl (C=O) groups excluding carboxylic acids is 1. The molecule has 1 atom stereocenters. The maximum absolute atomic E-state index is 12.5. The number of hydrogen-bond donors (Lipinski definition) is 1. The van der Waals surface area contributed by atoms with Crippen molar-refractivity contribution in [2.75, 3.05) is 25.1 Å². The monoisotopic (exact) mass is 383 g/mol. The maximum Gasteiger partial charge on any atom is 0.293 e. The highest BCUT2D eigenvalue weighted by molar-refractivity contribution is 5.95. The molecule has 7 nitrogen and oxygen atoms in total. The number of nitro groups is 1. The van der Waals surface area contributed by atoms with Gasteiger partial charge in [0.15, 0.2) is 0 Å². The number of nitrogens with one attached hydrogen (secondary N) is 1. The first-order valence-electron chi connectivity index (χ1n) is 9.43. The van der Waals surface area contributed by atoms with Gasteiger partial charge in [0.2, 0.25) is 0 Å². The van der Waals surface area contributed by atoms with Gasteiger partial charge in [0.25, 0.3) is 11.6 Å². The van der Waals surface area contributed by atoms with Gasteiger partial charge in [-0.05, 0) is 37.0 Å². The van der Waals surface area contributed by atoms with E-state index in [1.54, 1.807) is 19.2 Å². The highest BCUT2D eigenvalue weighted by Crippen LogP contribution is 2.32. The lowest BCUT2D eigenvalue weighted by Crippen LogP contribution is -2.34. The van der Waals surface area contributed by atoms with Crippen molar-refractivity contribution in [2.24, 2.45) is 5.92 Å². The fraction of sp³-hybridized carbons (Fsp3) is 0.381. The third kappa shape index (κ3) is 4.42. The lowest BCUT2D eigenvalue weighted by molar-refractivity contribution is -0.384. The zero-order valence-corrected chi connectivity index (χ0v) is 16.2. The van der Waals surface area contributed by atoms with Gasteiger partial charge in [-0.15, -0.1) is 0 Å². The number of methoxy groups -OCH3 is 1. The maximum atomic E-state index is 12.5. The molecule has 0 bridgehead atoms. The first kappa shape index (κ1) is 19.7. The van der Waals surface area contributed by atoms with Crippen LogP contribution in [0.5, 0.6) is 5.75 Å². The molecule has 0 aliphatic carbocycles. The minimum absolute atomic E-state index is 0.0287. The Morgan fingerprint density at radius 1 is 1.32 bits per heavy atom. The van der Waals surface area contributed by atoms with Crippen LogP contribution in [0.3, 0.4) is 0 Å². The molecule has 0 unspecified atom stereocenters. The molecule has 7 heteroatoms. The molecule has 1 fully saturated rings. The molecule has 1 saturated heterocycles. The third-order valence-electron chi connectivity index (χ3n) is 5.06. The molecule has 0 spiro atoms. The first-order chi connectivity index (χ1) is 13.5. The van der Waals surface area contributed by atoms with Crippen molar-refractivity contribution >= 4 is 17.3 Å². The van der Waals surface area contributed by atoms with Crippen LogP contribution in [0.25, 0.3) is 0 Å². The number of nitrogens with zero attached hydrogens (tertiary/aromatic N) is 2. The highest BCUT2D eigenvalue weighted by atomic mass is 16.6. The van der Waals surface area contributed by atoms with Crippen molar-refractivity contribution in [3.63, 3.8) is 0 Å². The van der Waals surface area contributed by atoms with Crippen molar-refractivity contribution in [1.82, 2.24) is 5.32 Å². The molecular formula is C21H25N3O4. The predicted molar refractivity (Wildman–Crippen MR) is 108 cm³/mol. The minimum Gasteiger partial charge on any atom is -0.496 e. The lowest BCUT2D eigenvalue weighted by Gasteiger charge is -2.32. The largest absolute Gasteiger partial charge is 0.496 e. The normalized spacial score (nSPS) is 16.5. The van der Waals surface area contributed by atoms with Crippen LogP contribution in [0.1, 0.15) is 35.7 Å². The molecule has 148 valence electrons. The van der Waals surface area contributed by atoms with Crippen molar-refractivity contribution in [1.29, 1.82) is 0 Å². The van der Waals surface area contributed by atoms with Gasteiger partial charge in [-0.2, -0.15) is 0 Å². The number of amides is 1. The molecule has 2 aromatic carbocycles. The van der Waals surface area contributed by atoms with Crippen molar-refractivity contribution in [2.45, 2.75) is 26.3 Å². The van der Waals surface area contributed by atoms with Crippen molar-refractivity contribution < 1.29 is 14.5 Å². The number of hydrogen-bond acceptors (Lipinski definition) is 5. The van der Waals surface area contributed by atoms with Crippen LogP contribution in [-0.4, -0.2) is 31.0 Å². The van der Waals surface area contributed by atoms with Crippen LogP contribution >= 0.6 is 0 Å². The molecule has 0 aromatic heterocycles. The Labute approximate surface area is 164 Å². The van der Waals surface area contributed by atoms with E-state index in [1.165, 1.54) is 6.07 Å². The summed E-state index contributed by atoms with van der Waals surface area (Å²) in [5.74, 6) is 0.827. The zero-order valence-electron chi connectivity index (χ0n) is 16.2. The topological polar surface area (TPSA) is 84.7 Å². The summed E-state index contributed by atoms with van der Waals surface area (Å²) < 4.78 is 5.28. The Bertz CT molecular complexity index is 868. The minimum atomic E-state index is -0.411. The average molecular weight is 383 g/mol. The fourth-order valence-corrected chi connectivity index (χ4v) is 3.61. The molecule has 1 aliphatic rings. The number of carbonyl (C=O) groups is 1. The van der Waals surface area contributed by atoms with E-state index in [9.17, 15) is 14.9 Å². The molecule has 2 aromatic rings. The van der Waals surface area contributed by atoms with E-state index >= 15 is 0 Å². The zero-order chi connectivity index (χ0) is 20.1. The van der Waals surface area contributed by atoms with Crippen molar-refractivity contribution in [3.05, 3.63) is 63.7 Å². The lowest BCUT2D eigenvalue weighted by atomic mass is 9.99. The molecule has 1 heterocycles. The fourth-order valence-electron chi connectivity index (χ4n) is 3.61. The van der Waals surface area contributed by atoms with Gasteiger partial charge in [-0.25, -0.2) is 0 Å². The Balaban J connectivity index is 1.77. The number of anilines is 1. The van der Waals surface area contributed by atoms with E-state index in [0.717, 1.165) is 31.5 Å². The van der Waals surface area contributed by atoms with E-state index in [2.05, 4.69) is 12.2 Å². The number of ether oxygens (including phenoxy) is 1. The quantitative estimate of drug-likeness (QED) is 0.606. The Kier molecular flexibility index (Phi) is 6.13. The second-order valence-electron chi connectivity index (χ2n) is 7.15. The summed E-state index contributed by atoms with van der Waals surface area (Å²) in [6.07, 6.45) is 2.15. The Morgan fingerprint density at radius 3 is 2.82 bits per heavy atom. The predicted octanol–water partition coefficient (Wildman–Crippen LogP) is 3.77. The molecule has 3 rings (SSSR count). The summed E-state index contributed by atoms with van der Waals surface area (Å²) in [6.45, 7) is 4.02. The van der Waals surface area contributed by atoms with Gasteiger partial charge < -0.3 is 15.0 Å². The molecule has 1 aliphatic heterocycles. The molecular weight excluding hydrogens is 358 g/mol. The summed E-state index contributed by atoms with van der Waals surface area (Å²) in [5.41, 5.74) is 1.67. The highest BCUT2D eigenvalue weighted by Gasteiger charge is 2.25. The number of piperidine rings is 1. The number of nitro benzene ring substituents is 1.